The summed E-state index contributed by atoms with van der Waals surface area (Å²) in [5.41, 5.74) is 18.5. The van der Waals surface area contributed by atoms with Crippen molar-refractivity contribution < 1.29 is 4.74 Å². The topological polar surface area (TPSA) is 116 Å². The summed E-state index contributed by atoms with van der Waals surface area (Å²) in [6, 6.07) is 24.6. The van der Waals surface area contributed by atoms with Gasteiger partial charge < -0.3 is 15.0 Å². The fraction of sp³-hybridized carbons (Fsp3) is 0.194. The number of hydrogen-bond donors (Lipinski definition) is 3. The van der Waals surface area contributed by atoms with Gasteiger partial charge in [-0.25, -0.2) is 21.3 Å². The van der Waals surface area contributed by atoms with Crippen LogP contribution in [-0.2, 0) is 13.0 Å². The molecular formula is C31H33N7O. The molecule has 0 amide bonds. The summed E-state index contributed by atoms with van der Waals surface area (Å²) in [7, 11) is 1.68. The number of imidazole rings is 1. The molecular weight excluding hydrogens is 486 g/mol. The number of hydrazine groups is 1. The van der Waals surface area contributed by atoms with Crippen LogP contribution in [0.1, 0.15) is 35.1 Å². The van der Waals surface area contributed by atoms with Crippen LogP contribution in [0, 0.1) is 13.8 Å². The molecule has 0 saturated carbocycles. The molecule has 5 aromatic rings. The lowest BCUT2D eigenvalue weighted by molar-refractivity contribution is 0.416. The second-order valence-electron chi connectivity index (χ2n) is 9.50. The van der Waals surface area contributed by atoms with Gasteiger partial charge in [-0.05, 0) is 65.9 Å². The molecule has 8 nitrogen and oxygen atoms in total. The first-order valence-corrected chi connectivity index (χ1v) is 12.9. The van der Waals surface area contributed by atoms with Gasteiger partial charge in [0.1, 0.15) is 17.1 Å². The van der Waals surface area contributed by atoms with Crippen molar-refractivity contribution in [3.63, 3.8) is 0 Å². The molecule has 0 radical (unpaired) electrons. The molecule has 39 heavy (non-hydrogen) atoms. The van der Waals surface area contributed by atoms with Crippen LogP contribution in [-0.4, -0.2) is 27.5 Å². The molecule has 2 aromatic heterocycles. The highest BCUT2D eigenvalue weighted by atomic mass is 16.5. The molecule has 5 N–H and O–H groups in total. The Bertz CT molecular complexity index is 1670. The number of methoxy groups -OCH3 is 1. The van der Waals surface area contributed by atoms with E-state index in [1.807, 2.05) is 43.3 Å². The van der Waals surface area contributed by atoms with E-state index in [9.17, 15) is 0 Å². The van der Waals surface area contributed by atoms with Gasteiger partial charge in [-0.15, -0.1) is 5.10 Å². The van der Waals surface area contributed by atoms with Crippen LogP contribution in [0.5, 0.6) is 5.75 Å². The maximum atomic E-state index is 6.28. The summed E-state index contributed by atoms with van der Waals surface area (Å²) in [5.74, 6) is 7.57. The number of para-hydroxylation sites is 1. The molecule has 8 heteroatoms. The lowest BCUT2D eigenvalue weighted by Gasteiger charge is -2.15. The Morgan fingerprint density at radius 1 is 0.949 bits per heavy atom. The van der Waals surface area contributed by atoms with E-state index in [0.717, 1.165) is 73.8 Å². The van der Waals surface area contributed by atoms with E-state index >= 15 is 0 Å². The third-order valence-electron chi connectivity index (χ3n) is 6.92. The van der Waals surface area contributed by atoms with Crippen LogP contribution in [0.2, 0.25) is 0 Å². The summed E-state index contributed by atoms with van der Waals surface area (Å²) in [4.78, 5) is 9.70. The zero-order valence-electron chi connectivity index (χ0n) is 22.7. The second-order valence-corrected chi connectivity index (χ2v) is 9.50. The lowest BCUT2D eigenvalue weighted by Crippen LogP contribution is -2.23. The first-order chi connectivity index (χ1) is 18.9. The average Bonchev–Trinajstić information content (AvgIpc) is 3.30. The van der Waals surface area contributed by atoms with E-state index in [1.54, 1.807) is 7.11 Å². The van der Waals surface area contributed by atoms with Gasteiger partial charge in [0.05, 0.1) is 13.7 Å². The van der Waals surface area contributed by atoms with Crippen molar-refractivity contribution in [3.8, 4) is 28.0 Å². The number of amidine groups is 1. The van der Waals surface area contributed by atoms with E-state index in [-0.39, 0.29) is 0 Å². The smallest absolute Gasteiger partial charge is 0.160 e. The molecule has 3 aromatic carbocycles. The molecule has 0 aliphatic rings. The van der Waals surface area contributed by atoms with Crippen LogP contribution >= 0.6 is 0 Å². The molecule has 0 aliphatic carbocycles. The maximum absolute atomic E-state index is 6.28. The van der Waals surface area contributed by atoms with Gasteiger partial charge in [0.15, 0.2) is 11.5 Å². The maximum Gasteiger partial charge on any atom is 0.160 e. The number of nitrogens with zero attached hydrogens (tertiary/aromatic N) is 4. The molecule has 2 heterocycles. The molecule has 0 atom stereocenters. The van der Waals surface area contributed by atoms with E-state index in [2.05, 4.69) is 65.4 Å². The highest BCUT2D eigenvalue weighted by Gasteiger charge is 2.16. The standard InChI is InChI=1S/C31H33N7O/c1-5-28-35-29-19(2)16-20(3)34-31(29)38(28)18-21-10-12-22(13-11-21)26-17-23(14-15-25(26)30(32)36-37-33)24-8-6-7-9-27(24)39-4/h6-17,37H,5,18,33H2,1-4H3,(H2,32,36). The SMILES string of the molecule is CCc1nc2c(C)cc(C)nc2n1Cc1ccc(-c2cc(-c3ccccc3OC)ccc2/C(N)=N/NN)cc1. The summed E-state index contributed by atoms with van der Waals surface area (Å²) < 4.78 is 7.82. The first-order valence-electron chi connectivity index (χ1n) is 12.9. The van der Waals surface area contributed by atoms with Crippen LogP contribution < -0.4 is 21.8 Å². The number of pyridine rings is 1. The third kappa shape index (κ3) is 5.06. The van der Waals surface area contributed by atoms with Crippen molar-refractivity contribution in [1.29, 1.82) is 0 Å². The Hall–Kier alpha value is -4.69. The molecule has 198 valence electrons. The minimum absolute atomic E-state index is 0.303. The van der Waals surface area contributed by atoms with Crippen LogP contribution in [0.4, 0.5) is 0 Å². The van der Waals surface area contributed by atoms with Crippen molar-refractivity contribution >= 4 is 17.0 Å². The Morgan fingerprint density at radius 2 is 1.69 bits per heavy atom. The first kappa shape index (κ1) is 25.9. The number of nitrogens with one attached hydrogen (secondary N) is 1. The Balaban J connectivity index is 1.56. The van der Waals surface area contributed by atoms with Gasteiger partial charge in [-0.1, -0.05) is 55.5 Å². The van der Waals surface area contributed by atoms with Crippen LogP contribution in [0.15, 0.2) is 77.9 Å². The predicted molar refractivity (Wildman–Crippen MR) is 157 cm³/mol. The summed E-state index contributed by atoms with van der Waals surface area (Å²) in [5, 5.41) is 4.03. The minimum Gasteiger partial charge on any atom is -0.496 e. The third-order valence-corrected chi connectivity index (χ3v) is 6.92. The molecule has 0 spiro atoms. The monoisotopic (exact) mass is 519 g/mol. The predicted octanol–water partition coefficient (Wildman–Crippen LogP) is 5.09. The van der Waals surface area contributed by atoms with Crippen molar-refractivity contribution in [1.82, 2.24) is 20.1 Å². The summed E-state index contributed by atoms with van der Waals surface area (Å²) in [6.45, 7) is 6.93. The van der Waals surface area contributed by atoms with Gasteiger partial charge >= 0.3 is 0 Å². The van der Waals surface area contributed by atoms with E-state index in [4.69, 9.17) is 26.3 Å². The van der Waals surface area contributed by atoms with Gasteiger partial charge in [0.2, 0.25) is 0 Å². The quantitative estimate of drug-likeness (QED) is 0.114. The Morgan fingerprint density at radius 3 is 2.41 bits per heavy atom. The highest BCUT2D eigenvalue weighted by Crippen LogP contribution is 2.34. The molecule has 5 rings (SSSR count). The van der Waals surface area contributed by atoms with Gasteiger partial charge in [-0.2, -0.15) is 0 Å². The number of fused-ring (bicyclic) bond motifs is 1. The number of nitrogens with two attached hydrogens (primary N) is 2. The number of benzene rings is 3. The zero-order chi connectivity index (χ0) is 27.5. The zero-order valence-corrected chi connectivity index (χ0v) is 22.7. The number of aromatic nitrogens is 3. The molecule has 0 aliphatic heterocycles. The largest absolute Gasteiger partial charge is 0.496 e. The Labute approximate surface area is 228 Å². The normalized spacial score (nSPS) is 11.7. The van der Waals surface area contributed by atoms with Crippen molar-refractivity contribution in [2.45, 2.75) is 33.7 Å². The number of rotatable bonds is 8. The van der Waals surface area contributed by atoms with Gasteiger partial charge in [-0.3, -0.25) is 0 Å². The Kier molecular flexibility index (Phi) is 7.29. The fourth-order valence-electron chi connectivity index (χ4n) is 5.04. The summed E-state index contributed by atoms with van der Waals surface area (Å²) >= 11 is 0. The lowest BCUT2D eigenvalue weighted by atomic mass is 9.93. The van der Waals surface area contributed by atoms with Crippen molar-refractivity contribution in [2.75, 3.05) is 7.11 Å². The number of hydrazone groups is 1. The van der Waals surface area contributed by atoms with E-state index in [0.29, 0.717) is 12.4 Å². The van der Waals surface area contributed by atoms with Crippen molar-refractivity contribution in [3.05, 3.63) is 101 Å². The second kappa shape index (κ2) is 11.0. The van der Waals surface area contributed by atoms with Crippen LogP contribution in [0.3, 0.4) is 0 Å². The van der Waals surface area contributed by atoms with Gasteiger partial charge in [0, 0.05) is 23.2 Å². The van der Waals surface area contributed by atoms with E-state index < -0.39 is 0 Å². The summed E-state index contributed by atoms with van der Waals surface area (Å²) in [6.07, 6.45) is 0.833. The molecule has 0 saturated heterocycles. The minimum atomic E-state index is 0.303. The molecule has 0 bridgehead atoms. The number of hydrogen-bond acceptors (Lipinski definition) is 6. The van der Waals surface area contributed by atoms with Gasteiger partial charge in [0.25, 0.3) is 0 Å². The average molecular weight is 520 g/mol. The number of aryl methyl sites for hydroxylation is 3. The number of ether oxygens (including phenoxy) is 1. The fourth-order valence-corrected chi connectivity index (χ4v) is 5.04. The van der Waals surface area contributed by atoms with Crippen molar-refractivity contribution in [2.24, 2.45) is 16.7 Å². The van der Waals surface area contributed by atoms with Crippen LogP contribution in [0.25, 0.3) is 33.4 Å². The van der Waals surface area contributed by atoms with E-state index in [1.165, 1.54) is 0 Å². The molecule has 0 unspecified atom stereocenters. The molecule has 0 fully saturated rings. The highest BCUT2D eigenvalue weighted by molar-refractivity contribution is 6.04.